The second-order valence-electron chi connectivity index (χ2n) is 8.92. The van der Waals surface area contributed by atoms with Crippen LogP contribution in [0, 0.1) is 17.2 Å². The maximum Gasteiger partial charge on any atom is 0.234 e. The van der Waals surface area contributed by atoms with Crippen LogP contribution in [0.5, 0.6) is 0 Å². The Labute approximate surface area is 175 Å². The molecule has 2 aromatic carbocycles. The number of nitrogens with one attached hydrogen (secondary N) is 1. The van der Waals surface area contributed by atoms with Crippen molar-refractivity contribution in [2.75, 3.05) is 5.32 Å². The molecule has 1 amide bonds. The second-order valence-corrected chi connectivity index (χ2v) is 8.92. The second kappa shape index (κ2) is 7.63. The van der Waals surface area contributed by atoms with Gasteiger partial charge in [0.1, 0.15) is 5.82 Å². The number of amides is 1. The molecule has 2 atom stereocenters. The van der Waals surface area contributed by atoms with Gasteiger partial charge in [-0.2, -0.15) is 0 Å². The van der Waals surface area contributed by atoms with Gasteiger partial charge in [0.05, 0.1) is 5.92 Å². The molecule has 0 saturated heterocycles. The normalized spacial score (nSPS) is 22.9. The molecule has 1 aliphatic heterocycles. The molecule has 0 saturated carbocycles. The van der Waals surface area contributed by atoms with Crippen molar-refractivity contribution in [1.82, 2.24) is 0 Å². The maximum absolute atomic E-state index is 13.6. The van der Waals surface area contributed by atoms with E-state index in [0.717, 1.165) is 11.3 Å². The highest BCUT2D eigenvalue weighted by atomic mass is 19.1. The van der Waals surface area contributed by atoms with Crippen LogP contribution in [0.4, 0.5) is 10.1 Å². The van der Waals surface area contributed by atoms with Gasteiger partial charge >= 0.3 is 0 Å². The zero-order valence-corrected chi connectivity index (χ0v) is 17.4. The third kappa shape index (κ3) is 3.84. The lowest BCUT2D eigenvalue weighted by Crippen LogP contribution is -2.41. The van der Waals surface area contributed by atoms with Gasteiger partial charge in [0.2, 0.25) is 5.91 Å². The molecule has 0 fully saturated rings. The van der Waals surface area contributed by atoms with Crippen molar-refractivity contribution in [2.45, 2.75) is 39.5 Å². The van der Waals surface area contributed by atoms with Crippen LogP contribution in [0.25, 0.3) is 0 Å². The van der Waals surface area contributed by atoms with Crippen molar-refractivity contribution in [3.63, 3.8) is 0 Å². The van der Waals surface area contributed by atoms with E-state index in [4.69, 9.17) is 4.99 Å². The largest absolute Gasteiger partial charge is 0.325 e. The molecule has 1 heterocycles. The number of anilines is 1. The van der Waals surface area contributed by atoms with Crippen molar-refractivity contribution in [3.05, 3.63) is 77.2 Å². The van der Waals surface area contributed by atoms with Crippen molar-refractivity contribution in [2.24, 2.45) is 16.3 Å². The number of ketones is 1. The number of Topliss-reactive ketones (excluding diaryl/α,β-unsaturated/α-hetero) is 1. The zero-order chi connectivity index (χ0) is 21.5. The molecule has 0 spiro atoms. The van der Waals surface area contributed by atoms with E-state index in [1.165, 1.54) is 12.1 Å². The van der Waals surface area contributed by atoms with Gasteiger partial charge in [0, 0.05) is 35.0 Å². The van der Waals surface area contributed by atoms with Gasteiger partial charge in [0.25, 0.3) is 0 Å². The lowest BCUT2D eigenvalue weighted by molar-refractivity contribution is -0.119. The minimum atomic E-state index is -0.639. The molecule has 2 aliphatic rings. The van der Waals surface area contributed by atoms with Crippen molar-refractivity contribution in [3.8, 4) is 0 Å². The highest BCUT2D eigenvalue weighted by Gasteiger charge is 2.45. The highest BCUT2D eigenvalue weighted by Crippen LogP contribution is 2.47. The topological polar surface area (TPSA) is 58.5 Å². The summed E-state index contributed by atoms with van der Waals surface area (Å²) in [6.45, 7) is 5.95. The molecular formula is C25H25FN2O2. The third-order valence-corrected chi connectivity index (χ3v) is 5.86. The molecule has 1 N–H and O–H groups in total. The Morgan fingerprint density at radius 2 is 1.73 bits per heavy atom. The number of nitrogens with zero attached hydrogens (tertiary/aromatic N) is 1. The van der Waals surface area contributed by atoms with Gasteiger partial charge in [-0.15, -0.1) is 0 Å². The van der Waals surface area contributed by atoms with Crippen LogP contribution >= 0.6 is 0 Å². The summed E-state index contributed by atoms with van der Waals surface area (Å²) in [5, 5.41) is 2.95. The summed E-state index contributed by atoms with van der Waals surface area (Å²) in [5.74, 6) is -1.68. The quantitative estimate of drug-likeness (QED) is 0.756. The first-order valence-corrected chi connectivity index (χ1v) is 10.2. The Bertz CT molecular complexity index is 1050. The number of aliphatic imine (C=N–C) groups is 1. The smallest absolute Gasteiger partial charge is 0.234 e. The van der Waals surface area contributed by atoms with Crippen molar-refractivity contribution >= 4 is 23.1 Å². The van der Waals surface area contributed by atoms with Gasteiger partial charge < -0.3 is 5.32 Å². The van der Waals surface area contributed by atoms with Crippen LogP contribution in [0.2, 0.25) is 0 Å². The van der Waals surface area contributed by atoms with E-state index in [0.29, 0.717) is 29.8 Å². The summed E-state index contributed by atoms with van der Waals surface area (Å²) in [6, 6.07) is 15.3. The number of allylic oxidation sites excluding steroid dienone is 2. The minimum absolute atomic E-state index is 0.0179. The Morgan fingerprint density at radius 3 is 2.40 bits per heavy atom. The van der Waals surface area contributed by atoms with Crippen molar-refractivity contribution in [1.29, 1.82) is 0 Å². The molecule has 4 rings (SSSR count). The molecule has 0 radical (unpaired) electrons. The summed E-state index contributed by atoms with van der Waals surface area (Å²) < 4.78 is 13.6. The summed E-state index contributed by atoms with van der Waals surface area (Å²) >= 11 is 0. The number of carbonyl (C=O) groups is 2. The van der Waals surface area contributed by atoms with Gasteiger partial charge in [-0.05, 0) is 48.6 Å². The van der Waals surface area contributed by atoms with Gasteiger partial charge in [-0.1, -0.05) is 44.2 Å². The van der Waals surface area contributed by atoms with Gasteiger partial charge in [0.15, 0.2) is 5.78 Å². The summed E-state index contributed by atoms with van der Waals surface area (Å²) in [6.07, 6.45) is 1.08. The van der Waals surface area contributed by atoms with E-state index >= 15 is 0 Å². The molecule has 154 valence electrons. The maximum atomic E-state index is 13.6. The summed E-state index contributed by atoms with van der Waals surface area (Å²) in [4.78, 5) is 31.3. The van der Waals surface area contributed by atoms with Crippen LogP contribution in [0.1, 0.15) is 45.1 Å². The summed E-state index contributed by atoms with van der Waals surface area (Å²) in [5.41, 5.74) is 3.28. The number of hydrogen-bond acceptors (Lipinski definition) is 3. The number of para-hydroxylation sites is 1. The average Bonchev–Trinajstić information content (AvgIpc) is 2.67. The molecule has 0 aromatic heterocycles. The standard InChI is InChI=1S/C25H25FN2O2/c1-15-21(24(30)28-18-7-5-4-6-8-18)22(16-9-11-17(26)12-10-16)23-19(27-15)13-25(2,3)14-20(23)29/h4-12,21-22H,13-14H2,1-3H3,(H,28,30)/t21?,22-/m1/s1. The van der Waals surface area contributed by atoms with Crippen LogP contribution in [-0.2, 0) is 9.59 Å². The number of rotatable bonds is 3. The third-order valence-electron chi connectivity index (χ3n) is 5.86. The van der Waals surface area contributed by atoms with Crippen LogP contribution in [0.15, 0.2) is 70.9 Å². The minimum Gasteiger partial charge on any atom is -0.325 e. The van der Waals surface area contributed by atoms with E-state index in [9.17, 15) is 14.0 Å². The number of carbonyl (C=O) groups excluding carboxylic acids is 2. The average molecular weight is 404 g/mol. The molecular weight excluding hydrogens is 379 g/mol. The summed E-state index contributed by atoms with van der Waals surface area (Å²) in [7, 11) is 0. The first-order chi connectivity index (χ1) is 14.2. The fourth-order valence-electron chi connectivity index (χ4n) is 4.56. The molecule has 5 heteroatoms. The monoisotopic (exact) mass is 404 g/mol. The predicted octanol–water partition coefficient (Wildman–Crippen LogP) is 5.28. The SMILES string of the molecule is CC1=NC2=C(C(=O)CC(C)(C)C2)[C@H](c2ccc(F)cc2)C1C(=O)Nc1ccccc1. The number of benzene rings is 2. The van der Waals surface area contributed by atoms with Gasteiger partial charge in [-0.3, -0.25) is 14.6 Å². The Morgan fingerprint density at radius 1 is 1.07 bits per heavy atom. The first kappa shape index (κ1) is 20.2. The Balaban J connectivity index is 1.80. The van der Waals surface area contributed by atoms with Crippen LogP contribution < -0.4 is 5.32 Å². The lowest BCUT2D eigenvalue weighted by atomic mass is 9.66. The van der Waals surface area contributed by atoms with E-state index in [1.807, 2.05) is 37.3 Å². The fraction of sp³-hybridized carbons (Fsp3) is 0.320. The van der Waals surface area contributed by atoms with E-state index in [2.05, 4.69) is 19.2 Å². The van der Waals surface area contributed by atoms with Crippen LogP contribution in [0.3, 0.4) is 0 Å². The molecule has 30 heavy (non-hydrogen) atoms. The van der Waals surface area contributed by atoms with E-state index in [-0.39, 0.29) is 22.9 Å². The van der Waals surface area contributed by atoms with E-state index < -0.39 is 11.8 Å². The molecule has 4 nitrogen and oxygen atoms in total. The predicted molar refractivity (Wildman–Crippen MR) is 116 cm³/mol. The molecule has 1 aliphatic carbocycles. The number of hydrogen-bond donors (Lipinski definition) is 1. The molecule has 2 aromatic rings. The van der Waals surface area contributed by atoms with Crippen LogP contribution in [-0.4, -0.2) is 17.4 Å². The van der Waals surface area contributed by atoms with Gasteiger partial charge in [-0.25, -0.2) is 4.39 Å². The number of halogens is 1. The highest BCUT2D eigenvalue weighted by molar-refractivity contribution is 6.13. The first-order valence-electron chi connectivity index (χ1n) is 10.2. The Kier molecular flexibility index (Phi) is 5.14. The van der Waals surface area contributed by atoms with E-state index in [1.54, 1.807) is 12.1 Å². The van der Waals surface area contributed by atoms with Crippen molar-refractivity contribution < 1.29 is 14.0 Å². The molecule has 0 bridgehead atoms. The zero-order valence-electron chi connectivity index (χ0n) is 17.4. The Hall–Kier alpha value is -3.08. The lowest BCUT2D eigenvalue weighted by Gasteiger charge is -2.39. The molecule has 1 unspecified atom stereocenters. The fourth-order valence-corrected chi connectivity index (χ4v) is 4.56.